The third-order valence-electron chi connectivity index (χ3n) is 4.47. The molecular weight excluding hydrogens is 456 g/mol. The zero-order valence-electron chi connectivity index (χ0n) is 21.4. The van der Waals surface area contributed by atoms with Crippen molar-refractivity contribution < 1.29 is 28.6 Å². The van der Waals surface area contributed by atoms with Crippen LogP contribution in [0.1, 0.15) is 71.1 Å². The van der Waals surface area contributed by atoms with Crippen molar-refractivity contribution in [1.29, 1.82) is 0 Å². The minimum Gasteiger partial charge on any atom is -0.462 e. The van der Waals surface area contributed by atoms with E-state index in [9.17, 15) is 14.4 Å². The molecule has 0 atom stereocenters. The molecule has 0 saturated heterocycles. The number of hydrogen-bond donors (Lipinski definition) is 0. The zero-order chi connectivity index (χ0) is 26.4. The first-order valence-corrected chi connectivity index (χ1v) is 12.2. The van der Waals surface area contributed by atoms with Crippen LogP contribution in [-0.4, -0.2) is 37.7 Å². The molecule has 0 fully saturated rings. The van der Waals surface area contributed by atoms with E-state index in [0.29, 0.717) is 36.5 Å². The molecule has 6 nitrogen and oxygen atoms in total. The van der Waals surface area contributed by atoms with Crippen LogP contribution in [0.2, 0.25) is 0 Å². The number of carbonyl (C=O) groups excluding carboxylic acids is 3. The van der Waals surface area contributed by atoms with Gasteiger partial charge in [-0.2, -0.15) is 0 Å². The maximum absolute atomic E-state index is 11.3. The molecule has 0 heterocycles. The van der Waals surface area contributed by atoms with Crippen LogP contribution in [0.5, 0.6) is 0 Å². The normalized spacial score (nSPS) is 9.42. The Bertz CT molecular complexity index is 988. The molecule has 0 aromatic heterocycles. The molecule has 3 aromatic carbocycles. The maximum atomic E-state index is 11.3. The highest BCUT2D eigenvalue weighted by Gasteiger charge is 2.05. The van der Waals surface area contributed by atoms with Crippen molar-refractivity contribution in [2.45, 2.75) is 40.0 Å². The fourth-order valence-corrected chi connectivity index (χ4v) is 2.61. The lowest BCUT2D eigenvalue weighted by Crippen LogP contribution is -2.05. The Morgan fingerprint density at radius 3 is 1.19 bits per heavy atom. The summed E-state index contributed by atoms with van der Waals surface area (Å²) in [6, 6.07) is 27.0. The largest absolute Gasteiger partial charge is 0.462 e. The van der Waals surface area contributed by atoms with E-state index >= 15 is 0 Å². The van der Waals surface area contributed by atoms with Crippen LogP contribution in [-0.2, 0) is 14.2 Å². The van der Waals surface area contributed by atoms with Gasteiger partial charge in [-0.3, -0.25) is 0 Å². The fraction of sp³-hybridized carbons (Fsp3) is 0.300. The van der Waals surface area contributed by atoms with E-state index in [1.807, 2.05) is 61.5 Å². The van der Waals surface area contributed by atoms with Crippen molar-refractivity contribution >= 4 is 17.9 Å². The van der Waals surface area contributed by atoms with E-state index in [2.05, 4.69) is 6.92 Å². The number of benzene rings is 3. The van der Waals surface area contributed by atoms with Gasteiger partial charge in [0.1, 0.15) is 0 Å². The Labute approximate surface area is 214 Å². The van der Waals surface area contributed by atoms with Gasteiger partial charge in [0.05, 0.1) is 36.5 Å². The Balaban J connectivity index is 0.000000271. The summed E-state index contributed by atoms with van der Waals surface area (Å²) < 4.78 is 14.8. The summed E-state index contributed by atoms with van der Waals surface area (Å²) in [6.45, 7) is 7.27. The van der Waals surface area contributed by atoms with Crippen molar-refractivity contribution in [3.8, 4) is 0 Å². The van der Waals surface area contributed by atoms with Crippen LogP contribution in [0, 0.1) is 0 Å². The summed E-state index contributed by atoms with van der Waals surface area (Å²) in [5.41, 5.74) is 1.85. The minimum atomic E-state index is -0.256. The fourth-order valence-electron chi connectivity index (χ4n) is 2.61. The van der Waals surface area contributed by atoms with Gasteiger partial charge in [-0.15, -0.1) is 0 Å². The summed E-state index contributed by atoms with van der Waals surface area (Å²) >= 11 is 0. The second-order valence-corrected chi connectivity index (χ2v) is 7.44. The maximum Gasteiger partial charge on any atom is 0.338 e. The number of unbranched alkanes of at least 4 members (excludes halogenated alkanes) is 1. The van der Waals surface area contributed by atoms with Gasteiger partial charge in [-0.25, -0.2) is 14.4 Å². The molecule has 0 aliphatic rings. The van der Waals surface area contributed by atoms with Crippen LogP contribution >= 0.6 is 0 Å². The first-order chi connectivity index (χ1) is 17.5. The summed E-state index contributed by atoms with van der Waals surface area (Å²) in [7, 11) is 0. The highest BCUT2D eigenvalue weighted by Crippen LogP contribution is 2.02. The lowest BCUT2D eigenvalue weighted by Gasteiger charge is -2.02. The van der Waals surface area contributed by atoms with E-state index < -0.39 is 0 Å². The van der Waals surface area contributed by atoms with Crippen molar-refractivity contribution in [3.05, 3.63) is 108 Å². The molecule has 36 heavy (non-hydrogen) atoms. The van der Waals surface area contributed by atoms with Crippen LogP contribution in [0.25, 0.3) is 0 Å². The number of carbonyl (C=O) groups is 3. The number of esters is 3. The molecule has 0 unspecified atom stereocenters. The van der Waals surface area contributed by atoms with Crippen LogP contribution in [0.4, 0.5) is 0 Å². The standard InChI is InChI=1S/C11H14O2.C10H12O2.C9H10O2/c1-2-3-9-13-11(12)10-7-5-4-6-8-10;1-2-8-12-10(11)9-6-4-3-5-7-9;1-2-11-9(10)8-6-4-3-5-7-8/h4-8H,2-3,9H2,1H3;3-7H,2,8H2,1H3;3-7H,2H2,1H3. The zero-order valence-corrected chi connectivity index (χ0v) is 21.4. The Hall–Kier alpha value is -3.93. The molecule has 6 heteroatoms. The third kappa shape index (κ3) is 13.1. The van der Waals surface area contributed by atoms with E-state index in [4.69, 9.17) is 14.2 Å². The summed E-state index contributed by atoms with van der Waals surface area (Å²) in [5, 5.41) is 0. The smallest absolute Gasteiger partial charge is 0.338 e. The molecule has 0 radical (unpaired) electrons. The van der Waals surface area contributed by atoms with Crippen molar-refractivity contribution in [2.24, 2.45) is 0 Å². The van der Waals surface area contributed by atoms with Crippen molar-refractivity contribution in [3.63, 3.8) is 0 Å². The van der Waals surface area contributed by atoms with Gasteiger partial charge in [0.15, 0.2) is 0 Å². The Kier molecular flexibility index (Phi) is 16.2. The lowest BCUT2D eigenvalue weighted by atomic mass is 10.2. The molecule has 3 aromatic rings. The van der Waals surface area contributed by atoms with Gasteiger partial charge in [0.25, 0.3) is 0 Å². The molecule has 0 aliphatic heterocycles. The molecular formula is C30H36O6. The molecule has 0 aliphatic carbocycles. The van der Waals surface area contributed by atoms with Gasteiger partial charge in [-0.1, -0.05) is 74.9 Å². The molecule has 0 spiro atoms. The molecule has 0 amide bonds. The Morgan fingerprint density at radius 1 is 0.500 bits per heavy atom. The summed E-state index contributed by atoms with van der Waals surface area (Å²) in [6.07, 6.45) is 2.83. The Morgan fingerprint density at radius 2 is 0.861 bits per heavy atom. The second-order valence-electron chi connectivity index (χ2n) is 7.44. The molecule has 0 bridgehead atoms. The molecule has 0 N–H and O–H groups in total. The third-order valence-corrected chi connectivity index (χ3v) is 4.47. The van der Waals surface area contributed by atoms with Gasteiger partial charge >= 0.3 is 17.9 Å². The summed E-state index contributed by atoms with van der Waals surface area (Å²) in [4.78, 5) is 33.5. The second kappa shape index (κ2) is 19.4. The van der Waals surface area contributed by atoms with E-state index in [0.717, 1.165) is 19.3 Å². The monoisotopic (exact) mass is 492 g/mol. The topological polar surface area (TPSA) is 78.9 Å². The SMILES string of the molecule is CCCCOC(=O)c1ccccc1.CCCOC(=O)c1ccccc1.CCOC(=O)c1ccccc1. The van der Waals surface area contributed by atoms with E-state index in [1.54, 1.807) is 43.3 Å². The lowest BCUT2D eigenvalue weighted by molar-refractivity contribution is 0.0492. The highest BCUT2D eigenvalue weighted by molar-refractivity contribution is 5.90. The summed E-state index contributed by atoms with van der Waals surface area (Å²) in [5.74, 6) is -0.723. The molecule has 0 saturated carbocycles. The first-order valence-electron chi connectivity index (χ1n) is 12.2. The minimum absolute atomic E-state index is 0.228. The van der Waals surface area contributed by atoms with Gasteiger partial charge in [0, 0.05) is 0 Å². The predicted molar refractivity (Wildman–Crippen MR) is 141 cm³/mol. The van der Waals surface area contributed by atoms with Gasteiger partial charge < -0.3 is 14.2 Å². The average molecular weight is 493 g/mol. The highest BCUT2D eigenvalue weighted by atomic mass is 16.5. The van der Waals surface area contributed by atoms with Crippen LogP contribution in [0.15, 0.2) is 91.0 Å². The van der Waals surface area contributed by atoms with Crippen LogP contribution < -0.4 is 0 Å². The van der Waals surface area contributed by atoms with E-state index in [-0.39, 0.29) is 17.9 Å². The van der Waals surface area contributed by atoms with Gasteiger partial charge in [0.2, 0.25) is 0 Å². The van der Waals surface area contributed by atoms with Crippen LogP contribution in [0.3, 0.4) is 0 Å². The molecule has 192 valence electrons. The number of rotatable bonds is 9. The quantitative estimate of drug-likeness (QED) is 0.187. The first kappa shape index (κ1) is 30.1. The molecule has 3 rings (SSSR count). The number of hydrogen-bond acceptors (Lipinski definition) is 6. The van der Waals surface area contributed by atoms with Crippen molar-refractivity contribution in [2.75, 3.05) is 19.8 Å². The average Bonchev–Trinajstić information content (AvgIpc) is 2.94. The predicted octanol–water partition coefficient (Wildman–Crippen LogP) is 6.76. The van der Waals surface area contributed by atoms with E-state index in [1.165, 1.54) is 0 Å². The van der Waals surface area contributed by atoms with Crippen molar-refractivity contribution in [1.82, 2.24) is 0 Å². The number of ether oxygens (including phenoxy) is 3. The van der Waals surface area contributed by atoms with Gasteiger partial charge in [-0.05, 0) is 56.2 Å².